The van der Waals surface area contributed by atoms with E-state index < -0.39 is 0 Å². The lowest BCUT2D eigenvalue weighted by Crippen LogP contribution is -2.50. The number of hydrogen-bond acceptors (Lipinski definition) is 4. The third-order valence-corrected chi connectivity index (χ3v) is 11.1. The predicted molar refractivity (Wildman–Crippen MR) is 163 cm³/mol. The molecule has 0 amide bonds. The highest BCUT2D eigenvalue weighted by molar-refractivity contribution is 5.82. The van der Waals surface area contributed by atoms with Gasteiger partial charge in [0.25, 0.3) is 0 Å². The van der Waals surface area contributed by atoms with Gasteiger partial charge in [-0.25, -0.2) is 0 Å². The molecule has 214 valence electrons. The Balaban J connectivity index is 0.000000270. The average Bonchev–Trinajstić information content (AvgIpc) is 3.49. The summed E-state index contributed by atoms with van der Waals surface area (Å²) in [5.41, 5.74) is 10.1. The van der Waals surface area contributed by atoms with Crippen LogP contribution >= 0.6 is 0 Å². The molecule has 4 heteroatoms. The molecular weight excluding hydrogens is 452 g/mol. The van der Waals surface area contributed by atoms with Gasteiger partial charge in [-0.15, -0.1) is 0 Å². The number of hydrogen-bond donors (Lipinski definition) is 4. The molecule has 4 aliphatic carbocycles. The van der Waals surface area contributed by atoms with E-state index in [4.69, 9.17) is 11.1 Å². The highest BCUT2D eigenvalue weighted by atomic mass is 15.0. The largest absolute Gasteiger partial charge is 0.401 e. The highest BCUT2D eigenvalue weighted by Crippen LogP contribution is 2.66. The number of nitrogens with one attached hydrogen (secondary N) is 3. The van der Waals surface area contributed by atoms with Gasteiger partial charge in [0.2, 0.25) is 0 Å². The van der Waals surface area contributed by atoms with E-state index in [0.29, 0.717) is 28.8 Å². The second-order valence-electron chi connectivity index (χ2n) is 13.0. The van der Waals surface area contributed by atoms with Crippen LogP contribution in [0, 0.1) is 39.9 Å². The van der Waals surface area contributed by atoms with Crippen LogP contribution < -0.4 is 16.4 Å². The molecule has 3 saturated carbocycles. The van der Waals surface area contributed by atoms with Crippen LogP contribution in [0.4, 0.5) is 0 Å². The molecule has 4 fully saturated rings. The topological polar surface area (TPSA) is 73.9 Å². The molecule has 0 spiro atoms. The van der Waals surface area contributed by atoms with Gasteiger partial charge in [0.1, 0.15) is 0 Å². The van der Waals surface area contributed by atoms with Crippen molar-refractivity contribution < 1.29 is 0 Å². The van der Waals surface area contributed by atoms with E-state index in [1.807, 2.05) is 12.6 Å². The number of nitrogens with two attached hydrogens (primary N) is 1. The number of allylic oxidation sites excluding steroid dienone is 2. The van der Waals surface area contributed by atoms with Gasteiger partial charge in [-0.3, -0.25) is 0 Å². The Morgan fingerprint density at radius 3 is 2.35 bits per heavy atom. The lowest BCUT2D eigenvalue weighted by molar-refractivity contribution is -0.0324. The summed E-state index contributed by atoms with van der Waals surface area (Å²) in [6.07, 6.45) is 18.8. The highest BCUT2D eigenvalue weighted by Gasteiger charge is 2.58. The molecule has 0 aromatic rings. The van der Waals surface area contributed by atoms with Crippen LogP contribution in [-0.2, 0) is 0 Å². The third-order valence-electron chi connectivity index (χ3n) is 11.1. The molecule has 5 N–H and O–H groups in total. The molecule has 5 rings (SSSR count). The van der Waals surface area contributed by atoms with Crippen LogP contribution in [0.25, 0.3) is 0 Å². The van der Waals surface area contributed by atoms with Crippen molar-refractivity contribution in [2.45, 2.75) is 131 Å². The maximum Gasteiger partial charge on any atom is 0.0464 e. The van der Waals surface area contributed by atoms with Crippen molar-refractivity contribution in [2.75, 3.05) is 13.6 Å². The Hall–Kier alpha value is -1.13. The van der Waals surface area contributed by atoms with Crippen LogP contribution in [0.5, 0.6) is 0 Å². The second-order valence-corrected chi connectivity index (χ2v) is 13.0. The summed E-state index contributed by atoms with van der Waals surface area (Å²) in [4.78, 5) is 0. The molecule has 5 aliphatic rings. The monoisotopic (exact) mass is 514 g/mol. The molecule has 8 atom stereocenters. The normalized spacial score (nSPS) is 39.7. The lowest BCUT2D eigenvalue weighted by atomic mass is 9.47. The fourth-order valence-corrected chi connectivity index (χ4v) is 8.84. The van der Waals surface area contributed by atoms with Crippen molar-refractivity contribution in [1.29, 1.82) is 5.41 Å². The van der Waals surface area contributed by atoms with E-state index in [1.165, 1.54) is 70.6 Å². The van der Waals surface area contributed by atoms with E-state index in [9.17, 15) is 0 Å². The van der Waals surface area contributed by atoms with Crippen LogP contribution in [0.15, 0.2) is 23.9 Å². The Morgan fingerprint density at radius 2 is 1.81 bits per heavy atom. The van der Waals surface area contributed by atoms with Gasteiger partial charge in [-0.2, -0.15) is 0 Å². The van der Waals surface area contributed by atoms with Gasteiger partial charge in [0.15, 0.2) is 0 Å². The van der Waals surface area contributed by atoms with Crippen LogP contribution in [-0.4, -0.2) is 31.4 Å². The average molecular weight is 515 g/mol. The minimum atomic E-state index is 0. The van der Waals surface area contributed by atoms with Crippen LogP contribution in [0.3, 0.4) is 0 Å². The molecule has 4 nitrogen and oxygen atoms in total. The molecule has 0 aromatic heterocycles. The summed E-state index contributed by atoms with van der Waals surface area (Å²) in [5.74, 6) is 3.31. The van der Waals surface area contributed by atoms with Gasteiger partial charge < -0.3 is 21.8 Å². The molecular formula is C33H62N4. The summed E-state index contributed by atoms with van der Waals surface area (Å²) in [6.45, 7) is 16.3. The Morgan fingerprint density at radius 1 is 1.11 bits per heavy atom. The van der Waals surface area contributed by atoms with Crippen molar-refractivity contribution in [1.82, 2.24) is 10.6 Å². The lowest BCUT2D eigenvalue weighted by Gasteiger charge is -2.57. The van der Waals surface area contributed by atoms with Gasteiger partial charge in [-0.1, -0.05) is 59.8 Å². The van der Waals surface area contributed by atoms with Crippen molar-refractivity contribution in [3.63, 3.8) is 0 Å². The number of fused-ring (bicyclic) bond motifs is 5. The fraction of sp³-hybridized carbons (Fsp3) is 0.848. The van der Waals surface area contributed by atoms with Gasteiger partial charge >= 0.3 is 0 Å². The smallest absolute Gasteiger partial charge is 0.0464 e. The maximum atomic E-state index is 8.24. The molecule has 0 radical (unpaired) electrons. The Labute approximate surface area is 230 Å². The SMILES string of the molecule is C.C=C(N)C1CCC(CC)N1.CC(=N)C1CCC2C3CC=C4CCCCC4(C)C3CCC12C.CCNC. The summed E-state index contributed by atoms with van der Waals surface area (Å²) in [6, 6.07) is 1.05. The van der Waals surface area contributed by atoms with Crippen molar-refractivity contribution in [3.05, 3.63) is 23.9 Å². The molecule has 8 unspecified atom stereocenters. The Kier molecular flexibility index (Phi) is 12.0. The minimum Gasteiger partial charge on any atom is -0.401 e. The second kappa shape index (κ2) is 13.8. The molecule has 37 heavy (non-hydrogen) atoms. The fourth-order valence-electron chi connectivity index (χ4n) is 8.84. The maximum absolute atomic E-state index is 8.24. The van der Waals surface area contributed by atoms with E-state index in [-0.39, 0.29) is 7.43 Å². The summed E-state index contributed by atoms with van der Waals surface area (Å²) in [5, 5.41) is 14.6. The Bertz CT molecular complexity index is 785. The predicted octanol–water partition coefficient (Wildman–Crippen LogP) is 7.85. The van der Waals surface area contributed by atoms with E-state index in [2.05, 4.69) is 57.9 Å². The van der Waals surface area contributed by atoms with Gasteiger partial charge in [-0.05, 0) is 120 Å². The third kappa shape index (κ3) is 6.72. The van der Waals surface area contributed by atoms with Gasteiger partial charge in [0.05, 0.1) is 0 Å². The number of rotatable bonds is 4. The minimum absolute atomic E-state index is 0. The molecule has 1 aliphatic heterocycles. The quantitative estimate of drug-likeness (QED) is 0.228. The van der Waals surface area contributed by atoms with E-state index in [1.54, 1.807) is 0 Å². The van der Waals surface area contributed by atoms with Crippen molar-refractivity contribution in [3.8, 4) is 0 Å². The molecule has 1 heterocycles. The van der Waals surface area contributed by atoms with Crippen molar-refractivity contribution >= 4 is 5.71 Å². The molecule has 0 bridgehead atoms. The summed E-state index contributed by atoms with van der Waals surface area (Å²) in [7, 11) is 1.93. The van der Waals surface area contributed by atoms with Crippen LogP contribution in [0.2, 0.25) is 0 Å². The van der Waals surface area contributed by atoms with Crippen LogP contribution in [0.1, 0.15) is 119 Å². The summed E-state index contributed by atoms with van der Waals surface area (Å²) >= 11 is 0. The first-order chi connectivity index (χ1) is 17.1. The first kappa shape index (κ1) is 32.1. The zero-order valence-electron chi connectivity index (χ0n) is 24.5. The first-order valence-electron chi connectivity index (χ1n) is 15.2. The zero-order chi connectivity index (χ0) is 26.5. The first-order valence-corrected chi connectivity index (χ1v) is 15.2. The zero-order valence-corrected chi connectivity index (χ0v) is 24.5. The van der Waals surface area contributed by atoms with E-state index in [0.717, 1.165) is 42.1 Å². The summed E-state index contributed by atoms with van der Waals surface area (Å²) < 4.78 is 0. The van der Waals surface area contributed by atoms with E-state index >= 15 is 0 Å². The molecule has 1 saturated heterocycles. The standard InChI is InChI=1S/C21H33N.C8H16N2.C3H9N.CH4/c1-14(22)17-9-10-18-16-8-7-15-6-4-5-12-20(15,2)19(16)11-13-21(17,18)3;1-3-7-4-5-8(10-7)6(2)9;1-3-4-2;/h7,16-19,22H,4-6,8-13H2,1-3H3;7-8,10H,2-5,9H2,1H3;4H,3H2,1-2H3;1H4. The molecule has 0 aromatic carbocycles. The van der Waals surface area contributed by atoms with Gasteiger partial charge in [0, 0.05) is 29.4 Å². The van der Waals surface area contributed by atoms with Crippen molar-refractivity contribution in [2.24, 2.45) is 40.2 Å².